The number of fused-ring (bicyclic) bond motifs is 1. The zero-order chi connectivity index (χ0) is 17.4. The quantitative estimate of drug-likeness (QED) is 0.822. The van der Waals surface area contributed by atoms with Crippen molar-refractivity contribution in [2.75, 3.05) is 5.32 Å². The number of carbonyl (C=O) groups excluding carboxylic acids is 3. The van der Waals surface area contributed by atoms with E-state index in [1.54, 1.807) is 37.3 Å². The highest BCUT2D eigenvalue weighted by Gasteiger charge is 2.40. The van der Waals surface area contributed by atoms with Gasteiger partial charge >= 0.3 is 0 Å². The van der Waals surface area contributed by atoms with Crippen LogP contribution in [0, 0.1) is 6.92 Å². The molecule has 1 heterocycles. The Morgan fingerprint density at radius 2 is 1.67 bits per heavy atom. The van der Waals surface area contributed by atoms with E-state index in [0.29, 0.717) is 16.8 Å². The van der Waals surface area contributed by atoms with Crippen LogP contribution in [0.3, 0.4) is 0 Å². The lowest BCUT2D eigenvalue weighted by Gasteiger charge is -2.22. The molecule has 0 saturated carbocycles. The molecule has 6 heteroatoms. The number of carbonyl (C=O) groups is 3. The zero-order valence-corrected chi connectivity index (χ0v) is 14.8. The van der Waals surface area contributed by atoms with E-state index in [4.69, 9.17) is 0 Å². The van der Waals surface area contributed by atoms with Gasteiger partial charge in [0.05, 0.1) is 16.8 Å². The molecule has 2 aromatic rings. The van der Waals surface area contributed by atoms with Gasteiger partial charge in [0, 0.05) is 4.47 Å². The predicted octanol–water partition coefficient (Wildman–Crippen LogP) is 3.38. The highest BCUT2D eigenvalue weighted by atomic mass is 79.9. The molecule has 0 radical (unpaired) electrons. The Balaban J connectivity index is 1.82. The van der Waals surface area contributed by atoms with Gasteiger partial charge in [-0.15, -0.1) is 0 Å². The number of halogens is 1. The summed E-state index contributed by atoms with van der Waals surface area (Å²) >= 11 is 3.39. The van der Waals surface area contributed by atoms with Gasteiger partial charge in [0.25, 0.3) is 11.8 Å². The Bertz CT molecular complexity index is 828. The van der Waals surface area contributed by atoms with Crippen LogP contribution in [-0.4, -0.2) is 28.7 Å². The van der Waals surface area contributed by atoms with Gasteiger partial charge in [-0.1, -0.05) is 18.2 Å². The van der Waals surface area contributed by atoms with Crippen molar-refractivity contribution in [1.29, 1.82) is 0 Å². The summed E-state index contributed by atoms with van der Waals surface area (Å²) in [5.41, 5.74) is 2.31. The molecule has 122 valence electrons. The van der Waals surface area contributed by atoms with Crippen molar-refractivity contribution in [3.8, 4) is 0 Å². The molecule has 0 aromatic heterocycles. The van der Waals surface area contributed by atoms with Crippen molar-refractivity contribution in [3.05, 3.63) is 63.6 Å². The Morgan fingerprint density at radius 1 is 1.08 bits per heavy atom. The molecule has 0 spiro atoms. The molecule has 0 aliphatic carbocycles. The van der Waals surface area contributed by atoms with Gasteiger partial charge in [0.1, 0.15) is 6.04 Å². The summed E-state index contributed by atoms with van der Waals surface area (Å²) < 4.78 is 0.741. The lowest BCUT2D eigenvalue weighted by molar-refractivity contribution is -0.119. The third-order valence-electron chi connectivity index (χ3n) is 3.97. The minimum atomic E-state index is -0.911. The topological polar surface area (TPSA) is 66.5 Å². The SMILES string of the molecule is Cc1ccc(NC(=O)[C@@H](C)N2C(=O)c3ccccc3C2=O)c(Br)c1. The highest BCUT2D eigenvalue weighted by molar-refractivity contribution is 9.10. The van der Waals surface area contributed by atoms with Gasteiger partial charge in [-0.05, 0) is 59.6 Å². The molecule has 0 fully saturated rings. The summed E-state index contributed by atoms with van der Waals surface area (Å²) in [6, 6.07) is 11.2. The van der Waals surface area contributed by atoms with Crippen LogP contribution in [0.25, 0.3) is 0 Å². The number of nitrogens with one attached hydrogen (secondary N) is 1. The first-order valence-electron chi connectivity index (χ1n) is 7.44. The van der Waals surface area contributed by atoms with Crippen LogP contribution in [-0.2, 0) is 4.79 Å². The van der Waals surface area contributed by atoms with E-state index in [0.717, 1.165) is 14.9 Å². The molecular weight excluding hydrogens is 372 g/mol. The van der Waals surface area contributed by atoms with Crippen molar-refractivity contribution in [3.63, 3.8) is 0 Å². The molecule has 5 nitrogen and oxygen atoms in total. The van der Waals surface area contributed by atoms with Crippen molar-refractivity contribution in [2.24, 2.45) is 0 Å². The fourth-order valence-corrected chi connectivity index (χ4v) is 3.23. The minimum Gasteiger partial charge on any atom is -0.323 e. The number of aryl methyl sites for hydroxylation is 1. The van der Waals surface area contributed by atoms with E-state index in [1.165, 1.54) is 0 Å². The largest absolute Gasteiger partial charge is 0.323 e. The zero-order valence-electron chi connectivity index (χ0n) is 13.2. The second kappa shape index (κ2) is 6.20. The van der Waals surface area contributed by atoms with Crippen LogP contribution in [0.5, 0.6) is 0 Å². The Morgan fingerprint density at radius 3 is 2.21 bits per heavy atom. The van der Waals surface area contributed by atoms with Crippen LogP contribution in [0.1, 0.15) is 33.2 Å². The number of benzene rings is 2. The number of nitrogens with zero attached hydrogens (tertiary/aromatic N) is 1. The fourth-order valence-electron chi connectivity index (χ4n) is 2.64. The molecule has 1 N–H and O–H groups in total. The lowest BCUT2D eigenvalue weighted by Crippen LogP contribution is -2.45. The summed E-state index contributed by atoms with van der Waals surface area (Å²) in [4.78, 5) is 38.4. The van der Waals surface area contributed by atoms with E-state index in [1.807, 2.05) is 19.1 Å². The Hall–Kier alpha value is -2.47. The van der Waals surface area contributed by atoms with E-state index in [9.17, 15) is 14.4 Å². The summed E-state index contributed by atoms with van der Waals surface area (Å²) in [5.74, 6) is -1.31. The number of amides is 3. The minimum absolute atomic E-state index is 0.332. The van der Waals surface area contributed by atoms with E-state index < -0.39 is 23.8 Å². The molecule has 0 bridgehead atoms. The number of anilines is 1. The van der Waals surface area contributed by atoms with E-state index >= 15 is 0 Å². The average molecular weight is 387 g/mol. The smallest absolute Gasteiger partial charge is 0.262 e. The summed E-state index contributed by atoms with van der Waals surface area (Å²) in [6.07, 6.45) is 0. The standard InChI is InChI=1S/C18H15BrN2O3/c1-10-7-8-15(14(19)9-10)20-16(22)11(2)21-17(23)12-5-3-4-6-13(12)18(21)24/h3-9,11H,1-2H3,(H,20,22)/t11-/m1/s1. The second-order valence-corrected chi connectivity index (χ2v) is 6.53. The molecular formula is C18H15BrN2O3. The van der Waals surface area contributed by atoms with Crippen LogP contribution in [0.15, 0.2) is 46.9 Å². The van der Waals surface area contributed by atoms with Crippen molar-refractivity contribution < 1.29 is 14.4 Å². The van der Waals surface area contributed by atoms with Gasteiger partial charge in [-0.3, -0.25) is 19.3 Å². The molecule has 2 aromatic carbocycles. The molecule has 24 heavy (non-hydrogen) atoms. The number of hydrogen-bond donors (Lipinski definition) is 1. The maximum Gasteiger partial charge on any atom is 0.262 e. The summed E-state index contributed by atoms with van der Waals surface area (Å²) in [6.45, 7) is 3.48. The van der Waals surface area contributed by atoms with Crippen LogP contribution >= 0.6 is 15.9 Å². The molecule has 0 unspecified atom stereocenters. The summed E-state index contributed by atoms with van der Waals surface area (Å²) in [5, 5.41) is 2.75. The molecule has 1 aliphatic heterocycles. The maximum atomic E-state index is 12.5. The van der Waals surface area contributed by atoms with E-state index in [2.05, 4.69) is 21.2 Å². The van der Waals surface area contributed by atoms with Crippen LogP contribution < -0.4 is 5.32 Å². The normalized spacial score (nSPS) is 14.5. The fraction of sp³-hybridized carbons (Fsp3) is 0.167. The van der Waals surface area contributed by atoms with Crippen molar-refractivity contribution in [2.45, 2.75) is 19.9 Å². The molecule has 3 amide bonds. The molecule has 1 aliphatic rings. The van der Waals surface area contributed by atoms with Crippen molar-refractivity contribution in [1.82, 2.24) is 4.90 Å². The maximum absolute atomic E-state index is 12.5. The third kappa shape index (κ3) is 2.73. The average Bonchev–Trinajstić information content (AvgIpc) is 2.81. The van der Waals surface area contributed by atoms with Gasteiger partial charge < -0.3 is 5.32 Å². The third-order valence-corrected chi connectivity index (χ3v) is 4.63. The van der Waals surface area contributed by atoms with Gasteiger partial charge in [0.15, 0.2) is 0 Å². The first-order chi connectivity index (χ1) is 11.4. The number of hydrogen-bond acceptors (Lipinski definition) is 3. The first kappa shape index (κ1) is 16.4. The predicted molar refractivity (Wildman–Crippen MR) is 93.9 cm³/mol. The van der Waals surface area contributed by atoms with Gasteiger partial charge in [0.2, 0.25) is 5.91 Å². The highest BCUT2D eigenvalue weighted by Crippen LogP contribution is 2.27. The Labute approximate surface area is 147 Å². The Kier molecular flexibility index (Phi) is 4.24. The number of imide groups is 1. The second-order valence-electron chi connectivity index (χ2n) is 5.67. The van der Waals surface area contributed by atoms with Crippen molar-refractivity contribution >= 4 is 39.3 Å². The lowest BCUT2D eigenvalue weighted by atomic mass is 10.1. The molecule has 0 saturated heterocycles. The van der Waals surface area contributed by atoms with E-state index in [-0.39, 0.29) is 0 Å². The molecule has 1 atom stereocenters. The van der Waals surface area contributed by atoms with Crippen LogP contribution in [0.4, 0.5) is 5.69 Å². The van der Waals surface area contributed by atoms with Gasteiger partial charge in [-0.2, -0.15) is 0 Å². The van der Waals surface area contributed by atoms with Crippen LogP contribution in [0.2, 0.25) is 0 Å². The molecule has 3 rings (SSSR count). The number of rotatable bonds is 3. The first-order valence-corrected chi connectivity index (χ1v) is 8.23. The van der Waals surface area contributed by atoms with Gasteiger partial charge in [-0.25, -0.2) is 0 Å². The summed E-state index contributed by atoms with van der Waals surface area (Å²) in [7, 11) is 0. The monoisotopic (exact) mass is 386 g/mol.